The number of nitrogens with zero attached hydrogens (tertiary/aromatic N) is 3. The number of alkyl halides is 5. The third-order valence-electron chi connectivity index (χ3n) is 4.67. The van der Waals surface area contributed by atoms with Gasteiger partial charge in [0.1, 0.15) is 12.1 Å². The number of pyridine rings is 1. The van der Waals surface area contributed by atoms with Crippen molar-refractivity contribution in [2.24, 2.45) is 0 Å². The van der Waals surface area contributed by atoms with Gasteiger partial charge in [0, 0.05) is 18.3 Å². The average molecular weight is 438 g/mol. The Kier molecular flexibility index (Phi) is 4.91. The van der Waals surface area contributed by atoms with E-state index in [1.807, 2.05) is 0 Å². The van der Waals surface area contributed by atoms with E-state index in [1.165, 1.54) is 12.3 Å². The van der Waals surface area contributed by atoms with Gasteiger partial charge in [0.25, 0.3) is 11.8 Å². The monoisotopic (exact) mass is 438 g/mol. The van der Waals surface area contributed by atoms with Crippen molar-refractivity contribution in [2.75, 3.05) is 6.54 Å². The molecular weight excluding hydrogens is 426 g/mol. The highest BCUT2D eigenvalue weighted by Crippen LogP contribution is 2.38. The second-order valence-electron chi connectivity index (χ2n) is 6.89. The van der Waals surface area contributed by atoms with E-state index in [9.17, 15) is 31.1 Å². The Balaban J connectivity index is 1.74. The molecule has 0 radical (unpaired) electrons. The maximum absolute atomic E-state index is 14.5. The Bertz CT molecular complexity index is 1180. The molecule has 2 aromatic heterocycles. The third-order valence-corrected chi connectivity index (χ3v) is 4.67. The minimum Gasteiger partial charge on any atom is -0.346 e. The lowest BCUT2D eigenvalue weighted by molar-refractivity contribution is -0.137. The fourth-order valence-corrected chi connectivity index (χ4v) is 3.34. The normalized spacial score (nSPS) is 15.4. The molecule has 0 fully saturated rings. The summed E-state index contributed by atoms with van der Waals surface area (Å²) in [6.07, 6.45) is -2.72. The lowest BCUT2D eigenvalue weighted by Gasteiger charge is -2.26. The van der Waals surface area contributed by atoms with Gasteiger partial charge in [0.05, 0.1) is 34.6 Å². The van der Waals surface area contributed by atoms with E-state index in [0.717, 1.165) is 24.5 Å². The van der Waals surface area contributed by atoms with E-state index in [4.69, 9.17) is 0 Å². The maximum Gasteiger partial charge on any atom is 0.416 e. The molecule has 0 saturated carbocycles. The zero-order valence-corrected chi connectivity index (χ0v) is 15.5. The van der Waals surface area contributed by atoms with E-state index < -0.39 is 41.5 Å². The number of hydrogen-bond acceptors (Lipinski definition) is 4. The van der Waals surface area contributed by atoms with Crippen molar-refractivity contribution in [3.8, 4) is 11.4 Å². The first-order valence-electron chi connectivity index (χ1n) is 8.88. The van der Waals surface area contributed by atoms with Crippen LogP contribution in [0.15, 0.2) is 42.9 Å². The van der Waals surface area contributed by atoms with Gasteiger partial charge < -0.3 is 5.32 Å². The Hall–Kier alpha value is -3.50. The van der Waals surface area contributed by atoms with Crippen molar-refractivity contribution >= 4 is 5.91 Å². The van der Waals surface area contributed by atoms with Crippen molar-refractivity contribution in [3.05, 3.63) is 76.6 Å². The molecule has 31 heavy (non-hydrogen) atoms. The molecule has 0 saturated heterocycles. The van der Waals surface area contributed by atoms with Gasteiger partial charge in [-0.15, -0.1) is 0 Å². The largest absolute Gasteiger partial charge is 0.416 e. The number of aromatic nitrogens is 3. The SMILES string of the molecule is O=C1NCC(F)(F)c2c1ccnc2-c1cc(Cc2cc(F)cc(C(F)(F)F)c2)ncn1. The molecule has 1 amide bonds. The Morgan fingerprint density at radius 3 is 2.58 bits per heavy atom. The molecule has 1 aliphatic heterocycles. The van der Waals surface area contributed by atoms with Crippen LogP contribution in [0.4, 0.5) is 26.3 Å². The van der Waals surface area contributed by atoms with Crippen LogP contribution in [0.25, 0.3) is 11.4 Å². The fraction of sp³-hybridized carbons (Fsp3) is 0.200. The molecule has 3 aromatic rings. The highest BCUT2D eigenvalue weighted by Gasteiger charge is 2.43. The Labute approximate surface area is 171 Å². The molecule has 160 valence electrons. The van der Waals surface area contributed by atoms with Crippen molar-refractivity contribution in [1.82, 2.24) is 20.3 Å². The summed E-state index contributed by atoms with van der Waals surface area (Å²) < 4.78 is 81.5. The standard InChI is InChI=1S/C20H12F6N4O/c21-12-4-10(3-11(6-12)20(24,25)26)5-13-7-15(30-9-29-13)17-16-14(1-2-27-17)18(31)28-8-19(16,22)23/h1-4,6-7,9H,5,8H2,(H,28,31). The molecule has 0 bridgehead atoms. The van der Waals surface area contributed by atoms with E-state index >= 15 is 0 Å². The molecule has 0 atom stereocenters. The number of halogens is 6. The van der Waals surface area contributed by atoms with Gasteiger partial charge in [-0.05, 0) is 35.9 Å². The van der Waals surface area contributed by atoms with Gasteiger partial charge in [-0.25, -0.2) is 14.4 Å². The summed E-state index contributed by atoms with van der Waals surface area (Å²) in [5.74, 6) is -5.15. The average Bonchev–Trinajstić information content (AvgIpc) is 2.70. The van der Waals surface area contributed by atoms with Gasteiger partial charge in [-0.3, -0.25) is 9.78 Å². The number of carbonyl (C=O) groups is 1. The lowest BCUT2D eigenvalue weighted by atomic mass is 9.94. The van der Waals surface area contributed by atoms with Crippen molar-refractivity contribution in [1.29, 1.82) is 0 Å². The minimum absolute atomic E-state index is 0.00951. The molecule has 5 nitrogen and oxygen atoms in total. The highest BCUT2D eigenvalue weighted by molar-refractivity contribution is 5.98. The van der Waals surface area contributed by atoms with E-state index in [-0.39, 0.29) is 34.6 Å². The third kappa shape index (κ3) is 4.07. The predicted molar refractivity (Wildman–Crippen MR) is 95.7 cm³/mol. The molecule has 0 aliphatic carbocycles. The van der Waals surface area contributed by atoms with Crippen molar-refractivity contribution < 1.29 is 31.1 Å². The number of rotatable bonds is 3. The van der Waals surface area contributed by atoms with E-state index in [0.29, 0.717) is 6.07 Å². The minimum atomic E-state index is -4.73. The second kappa shape index (κ2) is 7.33. The van der Waals surface area contributed by atoms with E-state index in [2.05, 4.69) is 20.3 Å². The van der Waals surface area contributed by atoms with Crippen LogP contribution in [0.5, 0.6) is 0 Å². The Morgan fingerprint density at radius 2 is 1.84 bits per heavy atom. The molecular formula is C20H12F6N4O. The van der Waals surface area contributed by atoms with Crippen LogP contribution in [0, 0.1) is 5.82 Å². The predicted octanol–water partition coefficient (Wildman–Crippen LogP) is 4.12. The number of fused-ring (bicyclic) bond motifs is 1. The van der Waals surface area contributed by atoms with Crippen LogP contribution in [0.2, 0.25) is 0 Å². The molecule has 1 N–H and O–H groups in total. The summed E-state index contributed by atoms with van der Waals surface area (Å²) in [6, 6.07) is 4.52. The molecule has 11 heteroatoms. The fourth-order valence-electron chi connectivity index (χ4n) is 3.34. The lowest BCUT2D eigenvalue weighted by Crippen LogP contribution is -2.42. The van der Waals surface area contributed by atoms with Crippen molar-refractivity contribution in [3.63, 3.8) is 0 Å². The van der Waals surface area contributed by atoms with Crippen LogP contribution >= 0.6 is 0 Å². The van der Waals surface area contributed by atoms with Crippen LogP contribution < -0.4 is 5.32 Å². The second-order valence-corrected chi connectivity index (χ2v) is 6.89. The summed E-state index contributed by atoms with van der Waals surface area (Å²) in [4.78, 5) is 23.8. The summed E-state index contributed by atoms with van der Waals surface area (Å²) in [6.45, 7) is -0.904. The quantitative estimate of drug-likeness (QED) is 0.625. The molecule has 0 unspecified atom stereocenters. The van der Waals surface area contributed by atoms with Gasteiger partial charge in [0.15, 0.2) is 0 Å². The maximum atomic E-state index is 14.5. The molecule has 0 spiro atoms. The van der Waals surface area contributed by atoms with E-state index in [1.54, 1.807) is 0 Å². The summed E-state index contributed by atoms with van der Waals surface area (Å²) in [5.41, 5.74) is -2.12. The van der Waals surface area contributed by atoms with Crippen LogP contribution in [-0.2, 0) is 18.5 Å². The topological polar surface area (TPSA) is 67.8 Å². The van der Waals surface area contributed by atoms with Gasteiger partial charge in [-0.2, -0.15) is 22.0 Å². The van der Waals surface area contributed by atoms with Gasteiger partial charge in [-0.1, -0.05) is 0 Å². The molecule has 4 rings (SSSR count). The number of hydrogen-bond donors (Lipinski definition) is 1. The number of benzene rings is 1. The first-order valence-corrected chi connectivity index (χ1v) is 8.88. The molecule has 3 heterocycles. The van der Waals surface area contributed by atoms with Crippen LogP contribution in [0.3, 0.4) is 0 Å². The first kappa shape index (κ1) is 20.8. The van der Waals surface area contributed by atoms with Gasteiger partial charge in [0.2, 0.25) is 0 Å². The first-order chi connectivity index (χ1) is 14.5. The number of carbonyl (C=O) groups excluding carboxylic acids is 1. The smallest absolute Gasteiger partial charge is 0.346 e. The number of amides is 1. The molecule has 1 aliphatic rings. The molecule has 1 aromatic carbocycles. The summed E-state index contributed by atoms with van der Waals surface area (Å²) in [5, 5.41) is 2.10. The van der Waals surface area contributed by atoms with Crippen molar-refractivity contribution in [2.45, 2.75) is 18.5 Å². The summed E-state index contributed by atoms with van der Waals surface area (Å²) in [7, 11) is 0. The number of nitrogens with one attached hydrogen (secondary N) is 1. The zero-order valence-electron chi connectivity index (χ0n) is 15.5. The van der Waals surface area contributed by atoms with Gasteiger partial charge >= 0.3 is 6.18 Å². The summed E-state index contributed by atoms with van der Waals surface area (Å²) >= 11 is 0. The van der Waals surface area contributed by atoms with Crippen LogP contribution in [-0.4, -0.2) is 27.4 Å². The highest BCUT2D eigenvalue weighted by atomic mass is 19.4. The zero-order chi connectivity index (χ0) is 22.4. The van der Waals surface area contributed by atoms with Crippen LogP contribution in [0.1, 0.15) is 32.7 Å². The Morgan fingerprint density at radius 1 is 1.06 bits per heavy atom.